The number of halogens is 4. The highest BCUT2D eigenvalue weighted by atomic mass is 35.5. The fourth-order valence-electron chi connectivity index (χ4n) is 2.78. The lowest BCUT2D eigenvalue weighted by Gasteiger charge is -2.26. The number of carbonyl (C=O) groups is 1. The maximum atomic E-state index is 13.8. The van der Waals surface area contributed by atoms with E-state index in [0.29, 0.717) is 0 Å². The van der Waals surface area contributed by atoms with E-state index in [0.717, 1.165) is 24.3 Å². The summed E-state index contributed by atoms with van der Waals surface area (Å²) in [6.45, 7) is 0.667. The van der Waals surface area contributed by atoms with Crippen LogP contribution in [0.15, 0.2) is 29.2 Å². The number of hydrogen-bond acceptors (Lipinski definition) is 5. The number of rotatable bonds is 4. The molecule has 2 aromatic carbocycles. The topological polar surface area (TPSA) is 99.5 Å². The molecule has 158 valence electrons. The van der Waals surface area contributed by atoms with Crippen LogP contribution in [0.2, 0.25) is 10.0 Å². The van der Waals surface area contributed by atoms with E-state index in [2.05, 4.69) is 5.32 Å². The number of nitrogens with zero attached hydrogens (tertiary/aromatic N) is 2. The van der Waals surface area contributed by atoms with Crippen LogP contribution >= 0.6 is 23.2 Å². The van der Waals surface area contributed by atoms with Gasteiger partial charge in [-0.25, -0.2) is 17.2 Å². The zero-order valence-electron chi connectivity index (χ0n) is 15.1. The zero-order chi connectivity index (χ0) is 22.1. The second-order valence-electron chi connectivity index (χ2n) is 6.16. The summed E-state index contributed by atoms with van der Waals surface area (Å²) in [5.41, 5.74) is -1.34. The van der Waals surface area contributed by atoms with Crippen LogP contribution in [-0.4, -0.2) is 44.9 Å². The summed E-state index contributed by atoms with van der Waals surface area (Å²) in [4.78, 5) is 12.3. The van der Waals surface area contributed by atoms with Gasteiger partial charge in [-0.05, 0) is 24.3 Å². The van der Waals surface area contributed by atoms with Crippen molar-refractivity contribution >= 4 is 44.8 Å². The van der Waals surface area contributed by atoms with Gasteiger partial charge in [-0.1, -0.05) is 23.2 Å². The van der Waals surface area contributed by atoms with E-state index in [4.69, 9.17) is 33.2 Å². The summed E-state index contributed by atoms with van der Waals surface area (Å²) in [5.74, 6) is -3.24. The molecule has 3 rings (SSSR count). The quantitative estimate of drug-likeness (QED) is 0.729. The Bertz CT molecular complexity index is 1140. The molecular weight excluding hydrogens is 463 g/mol. The van der Waals surface area contributed by atoms with Gasteiger partial charge in [0.1, 0.15) is 28.2 Å². The van der Waals surface area contributed by atoms with E-state index in [1.165, 1.54) is 10.4 Å². The molecule has 0 saturated carbocycles. The van der Waals surface area contributed by atoms with Crippen molar-refractivity contribution in [1.29, 1.82) is 5.26 Å². The average Bonchev–Trinajstić information content (AvgIpc) is 2.68. The molecule has 1 aliphatic heterocycles. The molecule has 0 spiro atoms. The number of carbonyl (C=O) groups excluding carboxylic acids is 1. The molecule has 0 aromatic heterocycles. The number of sulfonamides is 1. The molecule has 0 unspecified atom stereocenters. The van der Waals surface area contributed by atoms with Crippen molar-refractivity contribution in [1.82, 2.24) is 4.31 Å². The molecule has 1 aliphatic rings. The fourth-order valence-corrected chi connectivity index (χ4v) is 5.02. The lowest BCUT2D eigenvalue weighted by atomic mass is 10.1. The molecule has 0 atom stereocenters. The molecule has 1 fully saturated rings. The van der Waals surface area contributed by atoms with Crippen LogP contribution in [0.1, 0.15) is 15.9 Å². The molecule has 1 saturated heterocycles. The van der Waals surface area contributed by atoms with Gasteiger partial charge in [0.2, 0.25) is 10.0 Å². The van der Waals surface area contributed by atoms with E-state index in [9.17, 15) is 22.0 Å². The number of nitriles is 1. The van der Waals surface area contributed by atoms with Gasteiger partial charge in [-0.3, -0.25) is 4.79 Å². The summed E-state index contributed by atoms with van der Waals surface area (Å²) in [6.07, 6.45) is 0. The van der Waals surface area contributed by atoms with Gasteiger partial charge < -0.3 is 10.1 Å². The maximum Gasteiger partial charge on any atom is 0.257 e. The van der Waals surface area contributed by atoms with Gasteiger partial charge in [-0.2, -0.15) is 9.57 Å². The van der Waals surface area contributed by atoms with Crippen LogP contribution in [0.3, 0.4) is 0 Å². The number of benzene rings is 2. The van der Waals surface area contributed by atoms with E-state index < -0.39 is 33.1 Å². The molecular formula is C18H13Cl2F2N3O4S. The van der Waals surface area contributed by atoms with Crippen molar-refractivity contribution in [2.75, 3.05) is 31.6 Å². The molecule has 12 heteroatoms. The number of ether oxygens (including phenoxy) is 1. The second kappa shape index (κ2) is 8.83. The Morgan fingerprint density at radius 1 is 1.10 bits per heavy atom. The summed E-state index contributed by atoms with van der Waals surface area (Å²) < 4.78 is 59.6. The van der Waals surface area contributed by atoms with E-state index in [1.807, 2.05) is 0 Å². The van der Waals surface area contributed by atoms with Crippen LogP contribution in [0.4, 0.5) is 14.5 Å². The minimum Gasteiger partial charge on any atom is -0.379 e. The molecule has 7 nitrogen and oxygen atoms in total. The first-order chi connectivity index (χ1) is 14.1. The third-order valence-corrected chi connectivity index (χ3v) is 6.94. The summed E-state index contributed by atoms with van der Waals surface area (Å²) in [6, 6.07) is 4.99. The number of nitrogens with one attached hydrogen (secondary N) is 1. The second-order valence-corrected chi connectivity index (χ2v) is 8.88. The molecule has 1 N–H and O–H groups in total. The first kappa shape index (κ1) is 22.4. The molecule has 1 heterocycles. The standard InChI is InChI=1S/C18H13Cl2F2N3O4S/c19-13-8-14(20)17(30(27,28)25-1-3-29-4-2-25)7-11(13)18(26)24-10-5-15(21)12(9-23)16(22)6-10/h5-8H,1-4H2,(H,24,26). The highest BCUT2D eigenvalue weighted by Gasteiger charge is 2.30. The number of morpholine rings is 1. The van der Waals surface area contributed by atoms with Gasteiger partial charge >= 0.3 is 0 Å². The zero-order valence-corrected chi connectivity index (χ0v) is 17.4. The first-order valence-corrected chi connectivity index (χ1v) is 10.6. The molecule has 30 heavy (non-hydrogen) atoms. The molecule has 0 radical (unpaired) electrons. The molecule has 0 bridgehead atoms. The van der Waals surface area contributed by atoms with Gasteiger partial charge in [0.25, 0.3) is 5.91 Å². The van der Waals surface area contributed by atoms with Crippen LogP contribution in [0.25, 0.3) is 0 Å². The van der Waals surface area contributed by atoms with Crippen molar-refractivity contribution in [2.24, 2.45) is 0 Å². The van der Waals surface area contributed by atoms with Gasteiger partial charge in [0, 0.05) is 18.8 Å². The minimum atomic E-state index is -4.03. The Labute approximate surface area is 180 Å². The van der Waals surface area contributed by atoms with Gasteiger partial charge in [0.15, 0.2) is 0 Å². The highest BCUT2D eigenvalue weighted by Crippen LogP contribution is 2.31. The predicted octanol–water partition coefficient (Wildman–Crippen LogP) is 3.42. The van der Waals surface area contributed by atoms with Crippen molar-refractivity contribution in [3.05, 3.63) is 57.1 Å². The smallest absolute Gasteiger partial charge is 0.257 e. The maximum absolute atomic E-state index is 13.8. The lowest BCUT2D eigenvalue weighted by Crippen LogP contribution is -2.40. The van der Waals surface area contributed by atoms with Gasteiger partial charge in [-0.15, -0.1) is 0 Å². The third-order valence-electron chi connectivity index (χ3n) is 4.27. The Balaban J connectivity index is 1.96. The average molecular weight is 476 g/mol. The molecule has 2 aromatic rings. The monoisotopic (exact) mass is 475 g/mol. The van der Waals surface area contributed by atoms with Crippen molar-refractivity contribution < 1.29 is 26.7 Å². The first-order valence-electron chi connectivity index (χ1n) is 8.42. The summed E-state index contributed by atoms with van der Waals surface area (Å²) >= 11 is 12.1. The van der Waals surface area contributed by atoms with Gasteiger partial charge in [0.05, 0.1) is 28.8 Å². The minimum absolute atomic E-state index is 0.118. The summed E-state index contributed by atoms with van der Waals surface area (Å²) in [7, 11) is -4.03. The van der Waals surface area contributed by atoms with E-state index in [-0.39, 0.29) is 52.5 Å². The largest absolute Gasteiger partial charge is 0.379 e. The van der Waals surface area contributed by atoms with Crippen LogP contribution in [0.5, 0.6) is 0 Å². The summed E-state index contributed by atoms with van der Waals surface area (Å²) in [5, 5.41) is 10.6. The Kier molecular flexibility index (Phi) is 6.59. The number of anilines is 1. The third kappa shape index (κ3) is 4.40. The molecule has 0 aliphatic carbocycles. The Morgan fingerprint density at radius 3 is 2.27 bits per heavy atom. The Hall–Kier alpha value is -2.29. The SMILES string of the molecule is N#Cc1c(F)cc(NC(=O)c2cc(S(=O)(=O)N3CCOCC3)c(Cl)cc2Cl)cc1F. The van der Waals surface area contributed by atoms with Crippen molar-refractivity contribution in [3.63, 3.8) is 0 Å². The van der Waals surface area contributed by atoms with E-state index in [1.54, 1.807) is 0 Å². The van der Waals surface area contributed by atoms with Crippen LogP contribution in [-0.2, 0) is 14.8 Å². The lowest BCUT2D eigenvalue weighted by molar-refractivity contribution is 0.0730. The fraction of sp³-hybridized carbons (Fsp3) is 0.222. The highest BCUT2D eigenvalue weighted by molar-refractivity contribution is 7.89. The van der Waals surface area contributed by atoms with Crippen molar-refractivity contribution in [2.45, 2.75) is 4.90 Å². The van der Waals surface area contributed by atoms with Crippen molar-refractivity contribution in [3.8, 4) is 6.07 Å². The molecule has 1 amide bonds. The number of hydrogen-bond donors (Lipinski definition) is 1. The Morgan fingerprint density at radius 2 is 1.70 bits per heavy atom. The van der Waals surface area contributed by atoms with E-state index >= 15 is 0 Å². The normalized spacial score (nSPS) is 14.9. The number of amides is 1. The van der Waals surface area contributed by atoms with Crippen LogP contribution in [0, 0.1) is 23.0 Å². The van der Waals surface area contributed by atoms with Crippen LogP contribution < -0.4 is 5.32 Å². The predicted molar refractivity (Wildman–Crippen MR) is 105 cm³/mol.